The first kappa shape index (κ1) is 12.3. The van der Waals surface area contributed by atoms with Gasteiger partial charge in [-0.3, -0.25) is 0 Å². The molecule has 7 heteroatoms. The van der Waals surface area contributed by atoms with Crippen LogP contribution in [0.3, 0.4) is 0 Å². The summed E-state index contributed by atoms with van der Waals surface area (Å²) in [5, 5.41) is 21.4. The maximum atomic E-state index is 10.8. The minimum Gasteiger partial charge on any atom is -0.478 e. The number of carboxylic acids is 1. The third kappa shape index (κ3) is 2.55. The number of rotatable bonds is 3. The molecule has 1 aromatic carbocycles. The molecular weight excluding hydrogens is 300 g/mol. The predicted octanol–water partition coefficient (Wildman–Crippen LogP) is 1.66. The summed E-state index contributed by atoms with van der Waals surface area (Å²) in [6.07, 6.45) is 1.45. The van der Waals surface area contributed by atoms with Gasteiger partial charge < -0.3 is 5.11 Å². The number of carboxylic acid groups (broad SMARTS) is 1. The highest BCUT2D eigenvalue weighted by Gasteiger charge is 2.08. The highest BCUT2D eigenvalue weighted by molar-refractivity contribution is 9.10. The van der Waals surface area contributed by atoms with Gasteiger partial charge in [0.2, 0.25) is 0 Å². The summed E-state index contributed by atoms with van der Waals surface area (Å²) < 4.78 is 2.19. The van der Waals surface area contributed by atoms with E-state index in [-0.39, 0.29) is 11.4 Å². The van der Waals surface area contributed by atoms with E-state index in [1.807, 2.05) is 6.07 Å². The average molecular weight is 307 g/mol. The molecule has 1 aromatic heterocycles. The lowest BCUT2D eigenvalue weighted by Crippen LogP contribution is -2.03. The molecule has 0 aliphatic carbocycles. The fraction of sp³-hybridized carbons (Fsp3) is 0.0909. The smallest absolute Gasteiger partial charge is 0.335 e. The van der Waals surface area contributed by atoms with Crippen LogP contribution in [0.25, 0.3) is 0 Å². The molecule has 0 bridgehead atoms. The summed E-state index contributed by atoms with van der Waals surface area (Å²) in [5.41, 5.74) is 1.07. The summed E-state index contributed by atoms with van der Waals surface area (Å²) in [4.78, 5) is 14.6. The first-order valence-corrected chi connectivity index (χ1v) is 5.70. The number of halogens is 1. The number of benzene rings is 1. The Bertz CT molecular complexity index is 645. The van der Waals surface area contributed by atoms with Gasteiger partial charge in [0.15, 0.2) is 0 Å². The van der Waals surface area contributed by atoms with Crippen molar-refractivity contribution in [2.24, 2.45) is 0 Å². The Balaban J connectivity index is 2.24. The van der Waals surface area contributed by atoms with E-state index < -0.39 is 5.97 Å². The topological polar surface area (TPSA) is 91.8 Å². The van der Waals surface area contributed by atoms with Crippen molar-refractivity contribution in [2.45, 2.75) is 6.54 Å². The molecule has 0 aliphatic heterocycles. The molecule has 2 rings (SSSR count). The maximum absolute atomic E-state index is 10.8. The van der Waals surface area contributed by atoms with E-state index in [9.17, 15) is 4.79 Å². The fourth-order valence-corrected chi connectivity index (χ4v) is 1.91. The Morgan fingerprint density at radius 2 is 2.33 bits per heavy atom. The van der Waals surface area contributed by atoms with Crippen LogP contribution in [0, 0.1) is 11.3 Å². The van der Waals surface area contributed by atoms with Crippen molar-refractivity contribution in [2.75, 3.05) is 0 Å². The van der Waals surface area contributed by atoms with Crippen LogP contribution in [0.5, 0.6) is 0 Å². The molecule has 0 saturated heterocycles. The van der Waals surface area contributed by atoms with Crippen LogP contribution in [-0.4, -0.2) is 25.8 Å². The predicted molar refractivity (Wildman–Crippen MR) is 64.9 cm³/mol. The lowest BCUT2D eigenvalue weighted by atomic mass is 10.1. The Morgan fingerprint density at radius 1 is 1.56 bits per heavy atom. The lowest BCUT2D eigenvalue weighted by molar-refractivity contribution is 0.0697. The molecule has 0 unspecified atom stereocenters. The summed E-state index contributed by atoms with van der Waals surface area (Å²) >= 11 is 3.31. The number of aromatic nitrogens is 3. The third-order valence-corrected chi connectivity index (χ3v) is 3.01. The maximum Gasteiger partial charge on any atom is 0.335 e. The van der Waals surface area contributed by atoms with Gasteiger partial charge in [-0.15, -0.1) is 5.10 Å². The third-order valence-electron chi connectivity index (χ3n) is 2.27. The van der Waals surface area contributed by atoms with Crippen LogP contribution < -0.4 is 0 Å². The van der Waals surface area contributed by atoms with E-state index in [2.05, 4.69) is 26.0 Å². The van der Waals surface area contributed by atoms with Crippen LogP contribution in [-0.2, 0) is 6.54 Å². The second kappa shape index (κ2) is 4.98. The van der Waals surface area contributed by atoms with Gasteiger partial charge in [0.05, 0.1) is 12.1 Å². The van der Waals surface area contributed by atoms with Crippen LogP contribution in [0.4, 0.5) is 0 Å². The highest BCUT2D eigenvalue weighted by atomic mass is 79.9. The molecule has 0 atom stereocenters. The van der Waals surface area contributed by atoms with Crippen molar-refractivity contribution in [1.82, 2.24) is 14.8 Å². The van der Waals surface area contributed by atoms with E-state index in [4.69, 9.17) is 10.4 Å². The highest BCUT2D eigenvalue weighted by Crippen LogP contribution is 2.19. The Morgan fingerprint density at radius 3 is 2.89 bits per heavy atom. The lowest BCUT2D eigenvalue weighted by Gasteiger charge is -2.05. The van der Waals surface area contributed by atoms with Gasteiger partial charge in [0, 0.05) is 4.47 Å². The number of aromatic carboxylic acids is 1. The zero-order valence-corrected chi connectivity index (χ0v) is 10.6. The van der Waals surface area contributed by atoms with Gasteiger partial charge in [-0.1, -0.05) is 22.0 Å². The summed E-state index contributed by atoms with van der Waals surface area (Å²) in [6, 6.07) is 6.58. The molecule has 18 heavy (non-hydrogen) atoms. The molecule has 1 N–H and O–H groups in total. The Kier molecular flexibility index (Phi) is 3.39. The number of carbonyl (C=O) groups is 1. The van der Waals surface area contributed by atoms with Crippen molar-refractivity contribution >= 4 is 21.9 Å². The molecule has 2 aromatic rings. The Labute approximate surface area is 111 Å². The van der Waals surface area contributed by atoms with Crippen molar-refractivity contribution < 1.29 is 9.90 Å². The quantitative estimate of drug-likeness (QED) is 0.931. The van der Waals surface area contributed by atoms with Gasteiger partial charge >= 0.3 is 5.97 Å². The van der Waals surface area contributed by atoms with Crippen LogP contribution in [0.15, 0.2) is 29.0 Å². The molecule has 0 fully saturated rings. The standard InChI is InChI=1S/C11H7BrN4O2/c12-9-3-7(11(17)18)1-2-8(9)5-16-6-14-10(4-13)15-16/h1-3,6H,5H2,(H,17,18). The number of hydrogen-bond acceptors (Lipinski definition) is 4. The SMILES string of the molecule is N#Cc1ncn(Cc2ccc(C(=O)O)cc2Br)n1. The molecule has 0 radical (unpaired) electrons. The van der Waals surface area contributed by atoms with Crippen molar-refractivity contribution in [3.8, 4) is 6.07 Å². The monoisotopic (exact) mass is 306 g/mol. The van der Waals surface area contributed by atoms with E-state index in [1.165, 1.54) is 23.1 Å². The molecule has 0 spiro atoms. The van der Waals surface area contributed by atoms with Gasteiger partial charge in [-0.05, 0) is 17.7 Å². The van der Waals surface area contributed by atoms with Crippen LogP contribution in [0.1, 0.15) is 21.7 Å². The first-order valence-electron chi connectivity index (χ1n) is 4.91. The number of nitrogens with zero attached hydrogens (tertiary/aromatic N) is 4. The zero-order valence-electron chi connectivity index (χ0n) is 9.04. The summed E-state index contributed by atoms with van der Waals surface area (Å²) in [6.45, 7) is 0.412. The molecule has 6 nitrogen and oxygen atoms in total. The fourth-order valence-electron chi connectivity index (χ4n) is 1.41. The molecular formula is C11H7BrN4O2. The first-order chi connectivity index (χ1) is 8.60. The van der Waals surface area contributed by atoms with E-state index in [0.717, 1.165) is 5.56 Å². The van der Waals surface area contributed by atoms with E-state index >= 15 is 0 Å². The minimum absolute atomic E-state index is 0.105. The zero-order chi connectivity index (χ0) is 13.1. The molecule has 0 amide bonds. The molecule has 90 valence electrons. The number of nitriles is 1. The summed E-state index contributed by atoms with van der Waals surface area (Å²) in [5.74, 6) is -0.872. The van der Waals surface area contributed by atoms with Crippen molar-refractivity contribution in [3.05, 3.63) is 46.0 Å². The molecule has 0 aliphatic rings. The van der Waals surface area contributed by atoms with E-state index in [0.29, 0.717) is 11.0 Å². The summed E-state index contributed by atoms with van der Waals surface area (Å²) in [7, 11) is 0. The van der Waals surface area contributed by atoms with Gasteiger partial charge in [-0.25, -0.2) is 14.5 Å². The molecule has 1 heterocycles. The van der Waals surface area contributed by atoms with E-state index in [1.54, 1.807) is 6.07 Å². The van der Waals surface area contributed by atoms with Crippen molar-refractivity contribution in [3.63, 3.8) is 0 Å². The second-order valence-electron chi connectivity index (χ2n) is 3.49. The Hall–Kier alpha value is -2.20. The van der Waals surface area contributed by atoms with Crippen LogP contribution in [0.2, 0.25) is 0 Å². The largest absolute Gasteiger partial charge is 0.478 e. The van der Waals surface area contributed by atoms with Crippen molar-refractivity contribution in [1.29, 1.82) is 5.26 Å². The normalized spacial score (nSPS) is 10.0. The van der Waals surface area contributed by atoms with Gasteiger partial charge in [0.1, 0.15) is 12.4 Å². The molecule has 0 saturated carbocycles. The number of hydrogen-bond donors (Lipinski definition) is 1. The average Bonchev–Trinajstić information content (AvgIpc) is 2.79. The van der Waals surface area contributed by atoms with Gasteiger partial charge in [-0.2, -0.15) is 5.26 Å². The second-order valence-corrected chi connectivity index (χ2v) is 4.34. The van der Waals surface area contributed by atoms with Gasteiger partial charge in [0.25, 0.3) is 5.82 Å². The van der Waals surface area contributed by atoms with Crippen LogP contribution >= 0.6 is 15.9 Å². The minimum atomic E-state index is -0.977.